The SMILES string of the molecule is CC.CC(C)Cc1ccccc1.Cc1ccccc1. The first-order chi connectivity index (χ1) is 9.18. The molecule has 2 rings (SSSR count). The van der Waals surface area contributed by atoms with Crippen LogP contribution in [0.3, 0.4) is 0 Å². The molecule has 0 amide bonds. The summed E-state index contributed by atoms with van der Waals surface area (Å²) in [6.07, 6.45) is 1.20. The van der Waals surface area contributed by atoms with E-state index in [0.717, 1.165) is 5.92 Å². The molecule has 104 valence electrons. The van der Waals surface area contributed by atoms with Crippen LogP contribution in [0.25, 0.3) is 0 Å². The Bertz CT molecular complexity index is 387. The van der Waals surface area contributed by atoms with E-state index in [0.29, 0.717) is 0 Å². The molecule has 0 saturated carbocycles. The lowest BCUT2D eigenvalue weighted by Gasteiger charge is -2.02. The highest BCUT2D eigenvalue weighted by atomic mass is 14.0. The Kier molecular flexibility index (Phi) is 10.6. The summed E-state index contributed by atoms with van der Waals surface area (Å²) in [6, 6.07) is 20.9. The van der Waals surface area contributed by atoms with E-state index in [-0.39, 0.29) is 0 Å². The molecule has 0 unspecified atom stereocenters. The van der Waals surface area contributed by atoms with Gasteiger partial charge in [0.05, 0.1) is 0 Å². The van der Waals surface area contributed by atoms with Crippen LogP contribution in [0, 0.1) is 12.8 Å². The highest BCUT2D eigenvalue weighted by molar-refractivity contribution is 5.14. The molecule has 0 aromatic heterocycles. The van der Waals surface area contributed by atoms with Gasteiger partial charge in [0, 0.05) is 0 Å². The zero-order chi connectivity index (χ0) is 14.5. The summed E-state index contributed by atoms with van der Waals surface area (Å²) in [5.74, 6) is 0.766. The molecule has 0 heterocycles. The third kappa shape index (κ3) is 10.1. The van der Waals surface area contributed by atoms with Gasteiger partial charge in [0.1, 0.15) is 0 Å². The molecule has 0 heteroatoms. The van der Waals surface area contributed by atoms with E-state index < -0.39 is 0 Å². The van der Waals surface area contributed by atoms with Gasteiger partial charge in [0.25, 0.3) is 0 Å². The molecule has 0 fully saturated rings. The fraction of sp³-hybridized carbons (Fsp3) is 0.368. The number of benzene rings is 2. The minimum absolute atomic E-state index is 0.766. The van der Waals surface area contributed by atoms with Crippen LogP contribution in [-0.4, -0.2) is 0 Å². The summed E-state index contributed by atoms with van der Waals surface area (Å²) in [4.78, 5) is 0. The van der Waals surface area contributed by atoms with Gasteiger partial charge in [-0.05, 0) is 24.8 Å². The monoisotopic (exact) mass is 256 g/mol. The van der Waals surface area contributed by atoms with E-state index in [2.05, 4.69) is 63.2 Å². The number of hydrogen-bond acceptors (Lipinski definition) is 0. The van der Waals surface area contributed by atoms with Crippen LogP contribution in [-0.2, 0) is 6.42 Å². The molecule has 0 aliphatic carbocycles. The second kappa shape index (κ2) is 11.5. The average molecular weight is 256 g/mol. The van der Waals surface area contributed by atoms with Crippen molar-refractivity contribution in [2.24, 2.45) is 5.92 Å². The maximum absolute atomic E-state index is 2.24. The van der Waals surface area contributed by atoms with Crippen molar-refractivity contribution in [2.45, 2.75) is 41.0 Å². The molecule has 0 spiro atoms. The summed E-state index contributed by atoms with van der Waals surface area (Å²) < 4.78 is 0. The quantitative estimate of drug-likeness (QED) is 0.627. The number of aryl methyl sites for hydroxylation is 1. The van der Waals surface area contributed by atoms with E-state index in [1.807, 2.05) is 32.0 Å². The molecule has 0 nitrogen and oxygen atoms in total. The lowest BCUT2D eigenvalue weighted by molar-refractivity contribution is 0.647. The van der Waals surface area contributed by atoms with Crippen molar-refractivity contribution in [2.75, 3.05) is 0 Å². The second-order valence-electron chi connectivity index (χ2n) is 4.74. The van der Waals surface area contributed by atoms with Crippen LogP contribution < -0.4 is 0 Å². The van der Waals surface area contributed by atoms with Gasteiger partial charge in [-0.15, -0.1) is 0 Å². The molecule has 0 N–H and O–H groups in total. The van der Waals surface area contributed by atoms with Gasteiger partial charge < -0.3 is 0 Å². The van der Waals surface area contributed by atoms with Gasteiger partial charge >= 0.3 is 0 Å². The van der Waals surface area contributed by atoms with Crippen molar-refractivity contribution in [1.29, 1.82) is 0 Å². The molecule has 0 aliphatic rings. The summed E-state index contributed by atoms with van der Waals surface area (Å²) in [5.41, 5.74) is 2.76. The fourth-order valence-electron chi connectivity index (χ4n) is 1.62. The van der Waals surface area contributed by atoms with Crippen LogP contribution in [0.15, 0.2) is 60.7 Å². The Hall–Kier alpha value is -1.56. The minimum atomic E-state index is 0.766. The van der Waals surface area contributed by atoms with Gasteiger partial charge in [-0.3, -0.25) is 0 Å². The molecule has 0 aliphatic heterocycles. The highest BCUT2D eigenvalue weighted by Crippen LogP contribution is 2.06. The van der Waals surface area contributed by atoms with Crippen LogP contribution in [0.4, 0.5) is 0 Å². The van der Waals surface area contributed by atoms with E-state index in [1.165, 1.54) is 17.5 Å². The standard InChI is InChI=1S/C10H14.C7H8.C2H6/c1-9(2)8-10-6-4-3-5-7-10;1-7-5-3-2-4-6-7;1-2/h3-7,9H,8H2,1-2H3;2-6H,1H3;1-2H3. The Morgan fingerprint density at radius 2 is 1.16 bits per heavy atom. The summed E-state index contributed by atoms with van der Waals surface area (Å²) in [5, 5.41) is 0. The van der Waals surface area contributed by atoms with Gasteiger partial charge in [-0.25, -0.2) is 0 Å². The molecule has 19 heavy (non-hydrogen) atoms. The molecule has 0 radical (unpaired) electrons. The van der Waals surface area contributed by atoms with Gasteiger partial charge in [-0.1, -0.05) is 93.9 Å². The third-order valence-electron chi connectivity index (χ3n) is 2.43. The zero-order valence-electron chi connectivity index (χ0n) is 13.1. The van der Waals surface area contributed by atoms with Gasteiger partial charge in [0.2, 0.25) is 0 Å². The predicted molar refractivity (Wildman–Crippen MR) is 87.5 cm³/mol. The lowest BCUT2D eigenvalue weighted by Crippen LogP contribution is -1.92. The second-order valence-corrected chi connectivity index (χ2v) is 4.74. The molecular formula is C19H28. The average Bonchev–Trinajstić information content (AvgIpc) is 2.43. The van der Waals surface area contributed by atoms with Crippen molar-refractivity contribution in [3.05, 3.63) is 71.8 Å². The van der Waals surface area contributed by atoms with Crippen LogP contribution >= 0.6 is 0 Å². The smallest absolute Gasteiger partial charge is 0.0256 e. The minimum Gasteiger partial charge on any atom is -0.0683 e. The Morgan fingerprint density at radius 1 is 0.737 bits per heavy atom. The van der Waals surface area contributed by atoms with Crippen molar-refractivity contribution in [3.8, 4) is 0 Å². The third-order valence-corrected chi connectivity index (χ3v) is 2.43. The summed E-state index contributed by atoms with van der Waals surface area (Å²) in [7, 11) is 0. The molecule has 2 aromatic rings. The molecule has 0 saturated heterocycles. The highest BCUT2D eigenvalue weighted by Gasteiger charge is 1.94. The van der Waals surface area contributed by atoms with Crippen molar-refractivity contribution < 1.29 is 0 Å². The Morgan fingerprint density at radius 3 is 1.47 bits per heavy atom. The van der Waals surface area contributed by atoms with Gasteiger partial charge in [-0.2, -0.15) is 0 Å². The number of rotatable bonds is 2. The van der Waals surface area contributed by atoms with E-state index >= 15 is 0 Å². The molecule has 0 bridgehead atoms. The zero-order valence-corrected chi connectivity index (χ0v) is 13.1. The molecule has 0 atom stereocenters. The summed E-state index contributed by atoms with van der Waals surface area (Å²) in [6.45, 7) is 10.6. The van der Waals surface area contributed by atoms with Crippen LogP contribution in [0.5, 0.6) is 0 Å². The van der Waals surface area contributed by atoms with Crippen molar-refractivity contribution >= 4 is 0 Å². The first-order valence-electron chi connectivity index (χ1n) is 7.24. The van der Waals surface area contributed by atoms with Crippen LogP contribution in [0.1, 0.15) is 38.8 Å². The maximum Gasteiger partial charge on any atom is -0.0256 e. The topological polar surface area (TPSA) is 0 Å². The summed E-state index contributed by atoms with van der Waals surface area (Å²) >= 11 is 0. The molecular weight excluding hydrogens is 228 g/mol. The predicted octanol–water partition coefficient (Wildman–Crippen LogP) is 5.91. The van der Waals surface area contributed by atoms with Crippen LogP contribution in [0.2, 0.25) is 0 Å². The maximum atomic E-state index is 2.24. The Balaban J connectivity index is 0.000000316. The lowest BCUT2D eigenvalue weighted by atomic mass is 10.0. The molecule has 2 aromatic carbocycles. The van der Waals surface area contributed by atoms with E-state index in [1.54, 1.807) is 0 Å². The van der Waals surface area contributed by atoms with E-state index in [9.17, 15) is 0 Å². The Labute approximate surface area is 119 Å². The van der Waals surface area contributed by atoms with Crippen molar-refractivity contribution in [1.82, 2.24) is 0 Å². The van der Waals surface area contributed by atoms with Gasteiger partial charge in [0.15, 0.2) is 0 Å². The first kappa shape index (κ1) is 17.4. The fourth-order valence-corrected chi connectivity index (χ4v) is 1.62. The van der Waals surface area contributed by atoms with Crippen molar-refractivity contribution in [3.63, 3.8) is 0 Å². The first-order valence-corrected chi connectivity index (χ1v) is 7.24. The normalized spacial score (nSPS) is 8.95. The van der Waals surface area contributed by atoms with E-state index in [4.69, 9.17) is 0 Å². The number of hydrogen-bond donors (Lipinski definition) is 0. The largest absolute Gasteiger partial charge is 0.0683 e.